The molecule has 7 heteroatoms. The van der Waals surface area contributed by atoms with E-state index in [9.17, 15) is 9.59 Å². The van der Waals surface area contributed by atoms with Crippen LogP contribution in [0.3, 0.4) is 0 Å². The van der Waals surface area contributed by atoms with Crippen LogP contribution in [0.15, 0.2) is 31.4 Å². The topological polar surface area (TPSA) is 86.8 Å². The molecule has 0 aromatic rings. The summed E-state index contributed by atoms with van der Waals surface area (Å²) in [4.78, 5) is 41.1. The maximum Gasteiger partial charge on any atom is 0.229 e. The summed E-state index contributed by atoms with van der Waals surface area (Å²) in [7, 11) is 1.62. The number of carbonyl (C=O) groups is 2. The van der Waals surface area contributed by atoms with E-state index in [1.165, 1.54) is 4.90 Å². The van der Waals surface area contributed by atoms with Gasteiger partial charge in [-0.15, -0.1) is 0 Å². The molecule has 110 valence electrons. The van der Waals surface area contributed by atoms with Crippen LogP contribution in [-0.4, -0.2) is 55.3 Å². The second kappa shape index (κ2) is 6.83. The Hall–Kier alpha value is -2.44. The van der Waals surface area contributed by atoms with Crippen LogP contribution in [0.5, 0.6) is 0 Å². The van der Waals surface area contributed by atoms with Crippen LogP contribution in [0.2, 0.25) is 0 Å². The molecule has 0 aliphatic carbocycles. The number of hydrogen-bond acceptors (Lipinski definition) is 5. The monoisotopic (exact) mass is 287 g/mol. The van der Waals surface area contributed by atoms with Gasteiger partial charge in [0.1, 0.15) is 5.70 Å². The second-order valence-corrected chi connectivity index (χ2v) is 4.60. The third-order valence-electron chi connectivity index (χ3n) is 3.31. The minimum atomic E-state index is -0.130. The van der Waals surface area contributed by atoms with Crippen molar-refractivity contribution >= 4 is 36.8 Å². The van der Waals surface area contributed by atoms with Crippen LogP contribution < -0.4 is 0 Å². The molecule has 2 aliphatic heterocycles. The van der Waals surface area contributed by atoms with Gasteiger partial charge in [-0.1, -0.05) is 0 Å². The summed E-state index contributed by atoms with van der Waals surface area (Å²) < 4.78 is 0. The zero-order valence-electron chi connectivity index (χ0n) is 11.9. The normalized spacial score (nSPS) is 22.9. The van der Waals surface area contributed by atoms with Gasteiger partial charge < -0.3 is 0 Å². The van der Waals surface area contributed by atoms with Gasteiger partial charge in [-0.05, 0) is 13.1 Å². The maximum absolute atomic E-state index is 11.8. The van der Waals surface area contributed by atoms with Gasteiger partial charge in [0.25, 0.3) is 0 Å². The number of hydrogen-bond donors (Lipinski definition) is 0. The Morgan fingerprint density at radius 1 is 1.29 bits per heavy atom. The number of imide groups is 1. The second-order valence-electron chi connectivity index (χ2n) is 4.60. The fraction of sp³-hybridized carbons (Fsp3) is 0.429. The fourth-order valence-electron chi connectivity index (χ4n) is 2.24. The molecule has 0 N–H and O–H groups in total. The highest BCUT2D eigenvalue weighted by Gasteiger charge is 2.26. The Kier molecular flexibility index (Phi) is 4.86. The number of amidine groups is 1. The third kappa shape index (κ3) is 3.36. The molecule has 0 aromatic heterocycles. The predicted molar refractivity (Wildman–Crippen MR) is 82.1 cm³/mol. The van der Waals surface area contributed by atoms with Crippen LogP contribution in [-0.2, 0) is 9.59 Å². The Bertz CT molecular complexity index is 570. The molecule has 1 saturated heterocycles. The first kappa shape index (κ1) is 15.0. The third-order valence-corrected chi connectivity index (χ3v) is 3.31. The quantitative estimate of drug-likeness (QED) is 0.570. The van der Waals surface area contributed by atoms with Gasteiger partial charge in [0, 0.05) is 45.3 Å². The summed E-state index contributed by atoms with van der Waals surface area (Å²) in [6.45, 7) is 3.81. The lowest BCUT2D eigenvalue weighted by Gasteiger charge is -2.25. The predicted octanol–water partition coefficient (Wildman–Crippen LogP) is 1.01. The molecular formula is C14H17N5O2. The number of aliphatic imine (C=N–C) groups is 4. The SMILES string of the molecule is C=N/C(CCN1C(=O)CCCC1=O)=C1/N=CC=NC1=NC. The highest BCUT2D eigenvalue weighted by atomic mass is 16.2. The molecule has 2 rings (SSSR count). The van der Waals surface area contributed by atoms with Gasteiger partial charge in [-0.3, -0.25) is 24.5 Å². The molecule has 21 heavy (non-hydrogen) atoms. The first-order valence-electron chi connectivity index (χ1n) is 6.74. The maximum atomic E-state index is 11.8. The highest BCUT2D eigenvalue weighted by Crippen LogP contribution is 2.19. The van der Waals surface area contributed by atoms with Gasteiger partial charge in [-0.2, -0.15) is 0 Å². The van der Waals surface area contributed by atoms with Crippen molar-refractivity contribution in [2.45, 2.75) is 25.7 Å². The zero-order valence-corrected chi connectivity index (χ0v) is 11.9. The molecule has 7 nitrogen and oxygen atoms in total. The van der Waals surface area contributed by atoms with E-state index in [0.29, 0.717) is 42.9 Å². The Morgan fingerprint density at radius 2 is 1.95 bits per heavy atom. The summed E-state index contributed by atoms with van der Waals surface area (Å²) in [5.41, 5.74) is 1.11. The van der Waals surface area contributed by atoms with Crippen LogP contribution in [0, 0.1) is 0 Å². The average Bonchev–Trinajstić information content (AvgIpc) is 2.50. The van der Waals surface area contributed by atoms with Crippen molar-refractivity contribution in [2.24, 2.45) is 20.0 Å². The van der Waals surface area contributed by atoms with Gasteiger partial charge in [0.15, 0.2) is 5.84 Å². The highest BCUT2D eigenvalue weighted by molar-refractivity contribution is 6.24. The van der Waals surface area contributed by atoms with E-state index in [1.54, 1.807) is 19.5 Å². The summed E-state index contributed by atoms with van der Waals surface area (Å²) >= 11 is 0. The number of likely N-dealkylation sites (tertiary alicyclic amines) is 1. The van der Waals surface area contributed by atoms with Crippen LogP contribution >= 0.6 is 0 Å². The van der Waals surface area contributed by atoms with E-state index in [4.69, 9.17) is 0 Å². The molecule has 1 fully saturated rings. The summed E-state index contributed by atoms with van der Waals surface area (Å²) in [5, 5.41) is 0. The van der Waals surface area contributed by atoms with E-state index < -0.39 is 0 Å². The van der Waals surface area contributed by atoms with E-state index in [2.05, 4.69) is 26.7 Å². The summed E-state index contributed by atoms with van der Waals surface area (Å²) in [5.74, 6) is 0.208. The van der Waals surface area contributed by atoms with E-state index >= 15 is 0 Å². The number of carbonyl (C=O) groups excluding carboxylic acids is 2. The Balaban J connectivity index is 2.14. The lowest BCUT2D eigenvalue weighted by molar-refractivity contribution is -0.147. The first-order chi connectivity index (χ1) is 10.2. The minimum Gasteiger partial charge on any atom is -0.282 e. The molecule has 2 aliphatic rings. The number of piperidine rings is 1. The average molecular weight is 287 g/mol. The molecule has 0 aromatic carbocycles. The molecule has 0 saturated carbocycles. The van der Waals surface area contributed by atoms with E-state index in [0.717, 1.165) is 0 Å². The molecular weight excluding hydrogens is 270 g/mol. The van der Waals surface area contributed by atoms with E-state index in [1.807, 2.05) is 0 Å². The van der Waals surface area contributed by atoms with Crippen molar-refractivity contribution in [2.75, 3.05) is 13.6 Å². The lowest BCUT2D eigenvalue weighted by atomic mass is 10.1. The molecule has 0 unspecified atom stereocenters. The van der Waals surface area contributed by atoms with Crippen molar-refractivity contribution in [3.63, 3.8) is 0 Å². The van der Waals surface area contributed by atoms with Crippen LogP contribution in [0.25, 0.3) is 0 Å². The lowest BCUT2D eigenvalue weighted by Crippen LogP contribution is -2.40. The molecule has 0 radical (unpaired) electrons. The fourth-order valence-corrected chi connectivity index (χ4v) is 2.24. The minimum absolute atomic E-state index is 0.130. The smallest absolute Gasteiger partial charge is 0.229 e. The van der Waals surface area contributed by atoms with Gasteiger partial charge in [0.2, 0.25) is 11.8 Å². The summed E-state index contributed by atoms with van der Waals surface area (Å²) in [6, 6.07) is 0. The Morgan fingerprint density at radius 3 is 2.57 bits per heavy atom. The van der Waals surface area contributed by atoms with Crippen molar-refractivity contribution in [1.29, 1.82) is 0 Å². The molecule has 2 heterocycles. The number of amides is 2. The number of rotatable bonds is 4. The molecule has 0 bridgehead atoms. The standard InChI is InChI=1S/C14H17N5O2/c1-15-10(13-14(16-2)18-8-7-17-13)6-9-19-11(20)4-3-5-12(19)21/h7-8H,1,3-6,9H2,2H3/b13-10+,16-14?. The van der Waals surface area contributed by atoms with Gasteiger partial charge in [0.05, 0.1) is 5.70 Å². The molecule has 2 amide bonds. The Labute approximate surface area is 122 Å². The van der Waals surface area contributed by atoms with Crippen molar-refractivity contribution in [1.82, 2.24) is 4.90 Å². The van der Waals surface area contributed by atoms with Gasteiger partial charge >= 0.3 is 0 Å². The largest absolute Gasteiger partial charge is 0.282 e. The van der Waals surface area contributed by atoms with Crippen molar-refractivity contribution < 1.29 is 9.59 Å². The van der Waals surface area contributed by atoms with E-state index in [-0.39, 0.29) is 18.4 Å². The molecule has 0 spiro atoms. The van der Waals surface area contributed by atoms with Crippen LogP contribution in [0.1, 0.15) is 25.7 Å². The van der Waals surface area contributed by atoms with Gasteiger partial charge in [-0.25, -0.2) is 9.98 Å². The summed E-state index contributed by atoms with van der Waals surface area (Å²) in [6.07, 6.45) is 4.96. The number of nitrogens with zero attached hydrogens (tertiary/aromatic N) is 5. The first-order valence-corrected chi connectivity index (χ1v) is 6.74. The van der Waals surface area contributed by atoms with Crippen LogP contribution in [0.4, 0.5) is 0 Å². The van der Waals surface area contributed by atoms with Crippen molar-refractivity contribution in [3.05, 3.63) is 11.4 Å². The van der Waals surface area contributed by atoms with Crippen molar-refractivity contribution in [3.8, 4) is 0 Å². The zero-order chi connectivity index (χ0) is 15.2. The molecule has 0 atom stereocenters.